The van der Waals surface area contributed by atoms with E-state index < -0.39 is 22.5 Å². The van der Waals surface area contributed by atoms with Crippen LogP contribution >= 0.6 is 58.0 Å². The average molecular weight is 553 g/mol. The highest BCUT2D eigenvalue weighted by atomic mass is 35.5. The van der Waals surface area contributed by atoms with E-state index in [-0.39, 0.29) is 37.2 Å². The Morgan fingerprint density at radius 1 is 0.781 bits per heavy atom. The van der Waals surface area contributed by atoms with Gasteiger partial charge in [0.2, 0.25) is 15.9 Å². The van der Waals surface area contributed by atoms with Crippen molar-refractivity contribution in [1.82, 2.24) is 4.31 Å². The molecule has 1 amide bonds. The summed E-state index contributed by atoms with van der Waals surface area (Å²) in [6.07, 6.45) is 0. The van der Waals surface area contributed by atoms with Gasteiger partial charge in [0.1, 0.15) is 0 Å². The number of nitrogens with zero attached hydrogens (tertiary/aromatic N) is 1. The molecule has 0 atom stereocenters. The summed E-state index contributed by atoms with van der Waals surface area (Å²) in [6.45, 7) is -0.606. The van der Waals surface area contributed by atoms with Gasteiger partial charge >= 0.3 is 0 Å². The third kappa shape index (κ3) is 6.08. The fraction of sp³-hybridized carbons (Fsp3) is 0.0952. The van der Waals surface area contributed by atoms with Crippen LogP contribution in [-0.4, -0.2) is 25.2 Å². The van der Waals surface area contributed by atoms with Gasteiger partial charge in [-0.1, -0.05) is 82.3 Å². The van der Waals surface area contributed by atoms with Gasteiger partial charge in [-0.25, -0.2) is 8.42 Å². The molecule has 11 heteroatoms. The Bertz CT molecular complexity index is 1250. The Kier molecular flexibility index (Phi) is 8.33. The van der Waals surface area contributed by atoms with Crippen LogP contribution in [0.15, 0.2) is 65.6 Å². The van der Waals surface area contributed by atoms with E-state index in [1.165, 1.54) is 24.3 Å². The molecule has 0 aliphatic rings. The number of nitrogens with one attached hydrogen (secondary N) is 1. The third-order valence-corrected chi connectivity index (χ3v) is 7.91. The van der Waals surface area contributed by atoms with Crippen molar-refractivity contribution in [3.63, 3.8) is 0 Å². The molecule has 0 radical (unpaired) electrons. The van der Waals surface area contributed by atoms with Crippen molar-refractivity contribution in [2.75, 3.05) is 11.9 Å². The quantitative estimate of drug-likeness (QED) is 0.329. The number of carbonyl (C=O) groups excluding carboxylic acids is 1. The summed E-state index contributed by atoms with van der Waals surface area (Å²) < 4.78 is 27.6. The van der Waals surface area contributed by atoms with Gasteiger partial charge in [0.25, 0.3) is 0 Å². The first-order chi connectivity index (χ1) is 15.1. The standard InChI is InChI=1S/C21H15Cl5N2O3S/c22-15-7-6-13(8-16(15)23)11-28(32(30,31)14-4-2-1-3-5-14)12-21(29)27-20-10-18(25)17(24)9-19(20)26/h1-10H,11-12H2,(H,27,29). The molecule has 3 aromatic carbocycles. The predicted molar refractivity (Wildman–Crippen MR) is 131 cm³/mol. The lowest BCUT2D eigenvalue weighted by Gasteiger charge is -2.22. The van der Waals surface area contributed by atoms with Crippen molar-refractivity contribution in [3.8, 4) is 0 Å². The number of anilines is 1. The normalized spacial score (nSPS) is 11.6. The van der Waals surface area contributed by atoms with Crippen molar-refractivity contribution < 1.29 is 13.2 Å². The zero-order valence-electron chi connectivity index (χ0n) is 16.2. The molecule has 3 aromatic rings. The van der Waals surface area contributed by atoms with Gasteiger partial charge in [-0.05, 0) is 42.0 Å². The second kappa shape index (κ2) is 10.6. The molecule has 0 fully saturated rings. The fourth-order valence-corrected chi connectivity index (χ4v) is 5.10. The molecule has 0 aliphatic heterocycles. The molecule has 0 saturated heterocycles. The van der Waals surface area contributed by atoms with E-state index >= 15 is 0 Å². The first kappa shape index (κ1) is 25.1. The Balaban J connectivity index is 1.90. The van der Waals surface area contributed by atoms with E-state index in [0.717, 1.165) is 4.31 Å². The van der Waals surface area contributed by atoms with Crippen molar-refractivity contribution in [2.24, 2.45) is 0 Å². The largest absolute Gasteiger partial charge is 0.324 e. The highest BCUT2D eigenvalue weighted by molar-refractivity contribution is 7.89. The SMILES string of the molecule is O=C(CN(Cc1ccc(Cl)c(Cl)c1)S(=O)(=O)c1ccccc1)Nc1cc(Cl)c(Cl)cc1Cl. The number of halogens is 5. The van der Waals surface area contributed by atoms with Gasteiger partial charge in [-0.15, -0.1) is 0 Å². The average Bonchev–Trinajstić information content (AvgIpc) is 2.74. The van der Waals surface area contributed by atoms with Gasteiger partial charge in [-0.2, -0.15) is 4.31 Å². The van der Waals surface area contributed by atoms with E-state index in [0.29, 0.717) is 10.6 Å². The van der Waals surface area contributed by atoms with Crippen LogP contribution in [0.3, 0.4) is 0 Å². The van der Waals surface area contributed by atoms with Crippen molar-refractivity contribution in [1.29, 1.82) is 0 Å². The van der Waals surface area contributed by atoms with Gasteiger partial charge in [0.05, 0.1) is 42.2 Å². The predicted octanol–water partition coefficient (Wildman–Crippen LogP) is 6.78. The third-order valence-electron chi connectivity index (χ3n) is 4.33. The Hall–Kier alpha value is -1.51. The minimum atomic E-state index is -4.02. The van der Waals surface area contributed by atoms with Crippen LogP contribution in [0.4, 0.5) is 5.69 Å². The van der Waals surface area contributed by atoms with Crippen LogP contribution in [0.2, 0.25) is 25.1 Å². The van der Waals surface area contributed by atoms with Crippen molar-refractivity contribution >= 4 is 79.6 Å². The molecule has 0 heterocycles. The maximum absolute atomic E-state index is 13.3. The number of hydrogen-bond donors (Lipinski definition) is 1. The number of rotatable bonds is 7. The van der Waals surface area contributed by atoms with Crippen LogP contribution in [-0.2, 0) is 21.4 Å². The number of amides is 1. The summed E-state index contributed by atoms with van der Waals surface area (Å²) in [5.41, 5.74) is 0.761. The molecule has 1 N–H and O–H groups in total. The molecule has 0 unspecified atom stereocenters. The number of sulfonamides is 1. The van der Waals surface area contributed by atoms with E-state index in [4.69, 9.17) is 58.0 Å². The molecule has 0 saturated carbocycles. The molecule has 0 bridgehead atoms. The lowest BCUT2D eigenvalue weighted by molar-refractivity contribution is -0.116. The lowest BCUT2D eigenvalue weighted by atomic mass is 10.2. The maximum atomic E-state index is 13.3. The lowest BCUT2D eigenvalue weighted by Crippen LogP contribution is -2.37. The van der Waals surface area contributed by atoms with Gasteiger partial charge in [0, 0.05) is 6.54 Å². The Labute approximate surface area is 210 Å². The molecule has 0 aliphatic carbocycles. The smallest absolute Gasteiger partial charge is 0.243 e. The highest BCUT2D eigenvalue weighted by Gasteiger charge is 2.27. The van der Waals surface area contributed by atoms with Crippen LogP contribution < -0.4 is 5.32 Å². The molecule has 0 spiro atoms. The van der Waals surface area contributed by atoms with Crippen LogP contribution in [0.5, 0.6) is 0 Å². The van der Waals surface area contributed by atoms with Crippen LogP contribution in [0, 0.1) is 0 Å². The van der Waals surface area contributed by atoms with Gasteiger partial charge in [0.15, 0.2) is 0 Å². The topological polar surface area (TPSA) is 66.5 Å². The minimum absolute atomic E-state index is 0.0421. The molecular weight excluding hydrogens is 538 g/mol. The van der Waals surface area contributed by atoms with E-state index in [9.17, 15) is 13.2 Å². The van der Waals surface area contributed by atoms with E-state index in [1.807, 2.05) is 0 Å². The second-order valence-electron chi connectivity index (χ2n) is 6.63. The molecule has 5 nitrogen and oxygen atoms in total. The van der Waals surface area contributed by atoms with E-state index in [1.54, 1.807) is 36.4 Å². The molecular formula is C21H15Cl5N2O3S. The number of hydrogen-bond acceptors (Lipinski definition) is 3. The first-order valence-electron chi connectivity index (χ1n) is 9.01. The van der Waals surface area contributed by atoms with Gasteiger partial charge < -0.3 is 5.32 Å². The summed E-state index contributed by atoms with van der Waals surface area (Å²) in [5, 5.41) is 3.75. The molecule has 3 rings (SSSR count). The Morgan fingerprint density at radius 3 is 2.06 bits per heavy atom. The molecule has 168 valence electrons. The number of benzene rings is 3. The summed E-state index contributed by atoms with van der Waals surface area (Å²) in [5.74, 6) is -0.621. The second-order valence-corrected chi connectivity index (χ2v) is 10.6. The molecule has 0 aromatic heterocycles. The zero-order chi connectivity index (χ0) is 23.5. The summed E-state index contributed by atoms with van der Waals surface area (Å²) in [7, 11) is -4.02. The van der Waals surface area contributed by atoms with Gasteiger partial charge in [-0.3, -0.25) is 4.79 Å². The fourth-order valence-electron chi connectivity index (χ4n) is 2.78. The monoisotopic (exact) mass is 550 g/mol. The maximum Gasteiger partial charge on any atom is 0.243 e. The van der Waals surface area contributed by atoms with Crippen molar-refractivity contribution in [3.05, 3.63) is 91.3 Å². The molecule has 32 heavy (non-hydrogen) atoms. The summed E-state index contributed by atoms with van der Waals surface area (Å²) >= 11 is 30.0. The highest BCUT2D eigenvalue weighted by Crippen LogP contribution is 2.32. The Morgan fingerprint density at radius 2 is 1.41 bits per heavy atom. The number of carbonyl (C=O) groups is 1. The minimum Gasteiger partial charge on any atom is -0.324 e. The summed E-state index contributed by atoms with van der Waals surface area (Å²) in [4.78, 5) is 12.8. The van der Waals surface area contributed by atoms with Crippen LogP contribution in [0.1, 0.15) is 5.56 Å². The van der Waals surface area contributed by atoms with Crippen molar-refractivity contribution in [2.45, 2.75) is 11.4 Å². The van der Waals surface area contributed by atoms with Crippen LogP contribution in [0.25, 0.3) is 0 Å². The zero-order valence-corrected chi connectivity index (χ0v) is 20.8. The first-order valence-corrected chi connectivity index (χ1v) is 12.3. The summed E-state index contributed by atoms with van der Waals surface area (Å²) in [6, 6.07) is 15.3. The van der Waals surface area contributed by atoms with E-state index in [2.05, 4.69) is 5.32 Å².